The molecule has 1 fully saturated rings. The second-order valence-corrected chi connectivity index (χ2v) is 7.70. The van der Waals surface area contributed by atoms with Crippen LogP contribution in [0.4, 0.5) is 4.39 Å². The highest BCUT2D eigenvalue weighted by Crippen LogP contribution is 2.28. The Balaban J connectivity index is 2.23. The van der Waals surface area contributed by atoms with Crippen LogP contribution in [0.15, 0.2) is 27.6 Å². The number of hydrogen-bond donors (Lipinski definition) is 0. The quantitative estimate of drug-likeness (QED) is 0.835. The number of hydrogen-bond acceptors (Lipinski definition) is 2. The van der Waals surface area contributed by atoms with E-state index >= 15 is 0 Å². The Labute approximate surface area is 122 Å². The van der Waals surface area contributed by atoms with E-state index in [9.17, 15) is 12.8 Å². The molecule has 6 heteroatoms. The van der Waals surface area contributed by atoms with Gasteiger partial charge in [0.1, 0.15) is 10.7 Å². The van der Waals surface area contributed by atoms with Gasteiger partial charge in [-0.3, -0.25) is 0 Å². The van der Waals surface area contributed by atoms with Crippen molar-refractivity contribution in [3.05, 3.63) is 28.5 Å². The van der Waals surface area contributed by atoms with Crippen LogP contribution in [0.3, 0.4) is 0 Å². The van der Waals surface area contributed by atoms with Crippen LogP contribution < -0.4 is 0 Å². The van der Waals surface area contributed by atoms with Crippen molar-refractivity contribution in [2.45, 2.75) is 31.1 Å². The SMILES string of the molecule is CCCC1CCN(S(=O)(=O)c2ccc(Br)cc2F)C1. The molecular formula is C13H17BrFNO2S. The van der Waals surface area contributed by atoms with Gasteiger partial charge in [-0.25, -0.2) is 12.8 Å². The maximum absolute atomic E-state index is 13.8. The van der Waals surface area contributed by atoms with Crippen LogP contribution in [-0.2, 0) is 10.0 Å². The zero-order valence-electron chi connectivity index (χ0n) is 10.8. The molecule has 0 radical (unpaired) electrons. The van der Waals surface area contributed by atoms with Crippen LogP contribution in [0.2, 0.25) is 0 Å². The van der Waals surface area contributed by atoms with E-state index in [1.54, 1.807) is 6.07 Å². The summed E-state index contributed by atoms with van der Waals surface area (Å²) < 4.78 is 40.5. The fourth-order valence-electron chi connectivity index (χ4n) is 2.48. The molecule has 19 heavy (non-hydrogen) atoms. The first-order valence-electron chi connectivity index (χ1n) is 6.40. The molecule has 0 aromatic heterocycles. The molecule has 3 nitrogen and oxygen atoms in total. The number of rotatable bonds is 4. The maximum atomic E-state index is 13.8. The summed E-state index contributed by atoms with van der Waals surface area (Å²) >= 11 is 3.13. The zero-order valence-corrected chi connectivity index (χ0v) is 13.2. The van der Waals surface area contributed by atoms with E-state index in [2.05, 4.69) is 22.9 Å². The first kappa shape index (κ1) is 14.9. The van der Waals surface area contributed by atoms with Crippen molar-refractivity contribution in [2.75, 3.05) is 13.1 Å². The molecular weight excluding hydrogens is 333 g/mol. The number of sulfonamides is 1. The van der Waals surface area contributed by atoms with Crippen LogP contribution in [0.5, 0.6) is 0 Å². The van der Waals surface area contributed by atoms with E-state index in [-0.39, 0.29) is 4.90 Å². The molecule has 1 aliphatic rings. The molecule has 0 amide bonds. The molecule has 1 aromatic rings. The Bertz CT molecular complexity index is 562. The molecule has 0 saturated carbocycles. The minimum Gasteiger partial charge on any atom is -0.207 e. The summed E-state index contributed by atoms with van der Waals surface area (Å²) in [6, 6.07) is 4.06. The Morgan fingerprint density at radius 2 is 2.21 bits per heavy atom. The monoisotopic (exact) mass is 349 g/mol. The molecule has 0 aliphatic carbocycles. The second-order valence-electron chi connectivity index (χ2n) is 4.88. The van der Waals surface area contributed by atoms with Crippen LogP contribution >= 0.6 is 15.9 Å². The highest BCUT2D eigenvalue weighted by Gasteiger charge is 2.33. The van der Waals surface area contributed by atoms with Crippen molar-refractivity contribution < 1.29 is 12.8 Å². The van der Waals surface area contributed by atoms with E-state index in [4.69, 9.17) is 0 Å². The molecule has 2 rings (SSSR count). The van der Waals surface area contributed by atoms with Gasteiger partial charge in [0, 0.05) is 17.6 Å². The lowest BCUT2D eigenvalue weighted by molar-refractivity contribution is 0.440. The van der Waals surface area contributed by atoms with Crippen molar-refractivity contribution in [1.82, 2.24) is 4.31 Å². The van der Waals surface area contributed by atoms with Crippen LogP contribution in [-0.4, -0.2) is 25.8 Å². The average Bonchev–Trinajstić information content (AvgIpc) is 2.78. The van der Waals surface area contributed by atoms with Gasteiger partial charge < -0.3 is 0 Å². The second kappa shape index (κ2) is 5.89. The lowest BCUT2D eigenvalue weighted by Crippen LogP contribution is -2.29. The molecule has 0 N–H and O–H groups in total. The molecule has 1 unspecified atom stereocenters. The van der Waals surface area contributed by atoms with Gasteiger partial charge in [0.2, 0.25) is 10.0 Å². The van der Waals surface area contributed by atoms with Crippen LogP contribution in [0.25, 0.3) is 0 Å². The molecule has 0 bridgehead atoms. The summed E-state index contributed by atoms with van der Waals surface area (Å²) in [6.07, 6.45) is 2.94. The Kier molecular flexibility index (Phi) is 4.63. The molecule has 1 aliphatic heterocycles. The summed E-state index contributed by atoms with van der Waals surface area (Å²) in [5.41, 5.74) is 0. The van der Waals surface area contributed by atoms with E-state index < -0.39 is 15.8 Å². The highest BCUT2D eigenvalue weighted by molar-refractivity contribution is 9.10. The minimum atomic E-state index is -3.70. The first-order valence-corrected chi connectivity index (χ1v) is 8.63. The summed E-state index contributed by atoms with van der Waals surface area (Å²) in [5.74, 6) is -0.299. The molecule has 1 atom stereocenters. The first-order chi connectivity index (χ1) is 8.95. The van der Waals surface area contributed by atoms with Crippen LogP contribution in [0.1, 0.15) is 26.2 Å². The average molecular weight is 350 g/mol. The van der Waals surface area contributed by atoms with Gasteiger partial charge in [0.25, 0.3) is 0 Å². The van der Waals surface area contributed by atoms with E-state index in [1.807, 2.05) is 0 Å². The normalized spacial score (nSPS) is 20.9. The summed E-state index contributed by atoms with van der Waals surface area (Å²) in [5, 5.41) is 0. The lowest BCUT2D eigenvalue weighted by Gasteiger charge is -2.17. The Morgan fingerprint density at radius 3 is 2.84 bits per heavy atom. The van der Waals surface area contributed by atoms with Crippen molar-refractivity contribution in [1.29, 1.82) is 0 Å². The number of halogens is 2. The van der Waals surface area contributed by atoms with Gasteiger partial charge in [0.05, 0.1) is 0 Å². The Morgan fingerprint density at radius 1 is 1.47 bits per heavy atom. The van der Waals surface area contributed by atoms with Gasteiger partial charge in [-0.1, -0.05) is 29.3 Å². The topological polar surface area (TPSA) is 37.4 Å². The van der Waals surface area contributed by atoms with E-state index in [1.165, 1.54) is 16.4 Å². The standard InChI is InChI=1S/C13H17BrFNO2S/c1-2-3-10-6-7-16(9-10)19(17,18)13-5-4-11(14)8-12(13)15/h4-5,8,10H,2-3,6-7,9H2,1H3. The lowest BCUT2D eigenvalue weighted by atomic mass is 10.0. The van der Waals surface area contributed by atoms with Gasteiger partial charge in [0.15, 0.2) is 0 Å². The van der Waals surface area contributed by atoms with Gasteiger partial charge in [-0.2, -0.15) is 4.31 Å². The summed E-state index contributed by atoms with van der Waals surface area (Å²) in [6.45, 7) is 3.08. The van der Waals surface area contributed by atoms with Crippen molar-refractivity contribution in [3.63, 3.8) is 0 Å². The van der Waals surface area contributed by atoms with E-state index in [0.717, 1.165) is 19.3 Å². The van der Waals surface area contributed by atoms with Gasteiger partial charge >= 0.3 is 0 Å². The largest absolute Gasteiger partial charge is 0.245 e. The van der Waals surface area contributed by atoms with Crippen molar-refractivity contribution in [3.8, 4) is 0 Å². The van der Waals surface area contributed by atoms with Gasteiger partial charge in [-0.15, -0.1) is 0 Å². The third kappa shape index (κ3) is 3.17. The predicted octanol–water partition coefficient (Wildman–Crippen LogP) is 3.40. The fraction of sp³-hybridized carbons (Fsp3) is 0.538. The van der Waals surface area contributed by atoms with E-state index in [0.29, 0.717) is 23.5 Å². The maximum Gasteiger partial charge on any atom is 0.245 e. The smallest absolute Gasteiger partial charge is 0.207 e. The predicted molar refractivity (Wildman–Crippen MR) is 75.9 cm³/mol. The van der Waals surface area contributed by atoms with Crippen LogP contribution in [0, 0.1) is 11.7 Å². The Hall–Kier alpha value is -0.460. The zero-order chi connectivity index (χ0) is 14.0. The number of nitrogens with zero attached hydrogens (tertiary/aromatic N) is 1. The van der Waals surface area contributed by atoms with Crippen molar-refractivity contribution >= 4 is 26.0 Å². The summed E-state index contributed by atoms with van der Waals surface area (Å²) in [4.78, 5) is -0.229. The third-order valence-corrected chi connectivity index (χ3v) is 5.85. The fourth-order valence-corrected chi connectivity index (χ4v) is 4.39. The third-order valence-electron chi connectivity index (χ3n) is 3.46. The highest BCUT2D eigenvalue weighted by atomic mass is 79.9. The van der Waals surface area contributed by atoms with Crippen molar-refractivity contribution in [2.24, 2.45) is 5.92 Å². The molecule has 1 saturated heterocycles. The molecule has 1 aromatic carbocycles. The number of benzene rings is 1. The molecule has 1 heterocycles. The molecule has 106 valence electrons. The minimum absolute atomic E-state index is 0.229. The van der Waals surface area contributed by atoms with Gasteiger partial charge in [-0.05, 0) is 37.0 Å². The molecule has 0 spiro atoms. The summed E-state index contributed by atoms with van der Waals surface area (Å²) in [7, 11) is -3.70.